The molecule has 29 heavy (non-hydrogen) atoms. The summed E-state index contributed by atoms with van der Waals surface area (Å²) >= 11 is 1.33. The molecule has 0 amide bonds. The molecular formula is C22H27NO5S. The van der Waals surface area contributed by atoms with Crippen molar-refractivity contribution in [3.8, 4) is 5.75 Å². The number of aliphatic hydroxyl groups is 1. The van der Waals surface area contributed by atoms with E-state index in [0.29, 0.717) is 18.0 Å². The lowest BCUT2D eigenvalue weighted by molar-refractivity contribution is -0.0811. The van der Waals surface area contributed by atoms with Crippen molar-refractivity contribution in [2.75, 3.05) is 6.61 Å². The highest BCUT2D eigenvalue weighted by molar-refractivity contribution is 7.09. The molecule has 2 heterocycles. The third kappa shape index (κ3) is 4.17. The van der Waals surface area contributed by atoms with Crippen LogP contribution in [0.4, 0.5) is 0 Å². The molecule has 1 aliphatic heterocycles. The molecule has 2 aliphatic rings. The number of hydrogen-bond donors (Lipinski definition) is 2. The Morgan fingerprint density at radius 3 is 2.93 bits per heavy atom. The Morgan fingerprint density at radius 1 is 1.38 bits per heavy atom. The van der Waals surface area contributed by atoms with Crippen LogP contribution in [0.5, 0.6) is 5.75 Å². The Balaban J connectivity index is 1.39. The predicted molar refractivity (Wildman–Crippen MR) is 110 cm³/mol. The first-order valence-corrected chi connectivity index (χ1v) is 11.1. The second-order valence-electron chi connectivity index (χ2n) is 8.00. The fraction of sp³-hybridized carbons (Fsp3) is 0.545. The molecule has 2 N–H and O–H groups in total. The number of thiazole rings is 1. The Morgan fingerprint density at radius 2 is 2.21 bits per heavy atom. The summed E-state index contributed by atoms with van der Waals surface area (Å²) in [6.45, 7) is 4.71. The summed E-state index contributed by atoms with van der Waals surface area (Å²) in [5.41, 5.74) is 2.61. The highest BCUT2D eigenvalue weighted by Crippen LogP contribution is 2.46. The Hall–Kier alpha value is -1.96. The molecule has 1 saturated heterocycles. The summed E-state index contributed by atoms with van der Waals surface area (Å²) in [6.07, 6.45) is 2.56. The summed E-state index contributed by atoms with van der Waals surface area (Å²) in [5, 5.41) is 22.0. The molecule has 1 saturated carbocycles. The van der Waals surface area contributed by atoms with E-state index in [4.69, 9.17) is 14.6 Å². The topological polar surface area (TPSA) is 88.9 Å². The maximum atomic E-state index is 11.1. The number of aromatic carboxylic acids is 1. The van der Waals surface area contributed by atoms with Gasteiger partial charge in [0.2, 0.25) is 0 Å². The number of aliphatic hydroxyl groups excluding tert-OH is 1. The maximum Gasteiger partial charge on any atom is 0.355 e. The number of hydrogen-bond acceptors (Lipinski definition) is 6. The largest absolute Gasteiger partial charge is 0.493 e. The summed E-state index contributed by atoms with van der Waals surface area (Å²) in [7, 11) is 0. The zero-order chi connectivity index (χ0) is 20.5. The van der Waals surface area contributed by atoms with E-state index in [1.54, 1.807) is 5.38 Å². The molecule has 2 fully saturated rings. The fourth-order valence-corrected chi connectivity index (χ4v) is 5.45. The first-order valence-electron chi connectivity index (χ1n) is 10.2. The molecule has 1 aliphatic carbocycles. The number of carboxylic acids is 1. The Kier molecular flexibility index (Phi) is 5.90. The first-order chi connectivity index (χ1) is 14.0. The third-order valence-corrected chi connectivity index (χ3v) is 7.19. The second kappa shape index (κ2) is 8.42. The molecule has 0 unspecified atom stereocenters. The minimum Gasteiger partial charge on any atom is -0.493 e. The van der Waals surface area contributed by atoms with E-state index in [0.717, 1.165) is 25.0 Å². The van der Waals surface area contributed by atoms with Gasteiger partial charge >= 0.3 is 5.97 Å². The number of aryl methyl sites for hydroxylation is 2. The second-order valence-corrected chi connectivity index (χ2v) is 8.89. The van der Waals surface area contributed by atoms with Crippen molar-refractivity contribution in [2.24, 2.45) is 11.8 Å². The molecule has 1 aromatic carbocycles. The number of carbonyl (C=O) groups is 1. The van der Waals surface area contributed by atoms with E-state index < -0.39 is 12.1 Å². The van der Waals surface area contributed by atoms with Crippen LogP contribution < -0.4 is 4.74 Å². The van der Waals surface area contributed by atoms with E-state index >= 15 is 0 Å². The lowest BCUT2D eigenvalue weighted by atomic mass is 9.87. The molecule has 1 aromatic heterocycles. The fourth-order valence-electron chi connectivity index (χ4n) is 4.59. The summed E-state index contributed by atoms with van der Waals surface area (Å²) in [6, 6.07) is 6.16. The van der Waals surface area contributed by atoms with Gasteiger partial charge in [-0.1, -0.05) is 13.0 Å². The van der Waals surface area contributed by atoms with Gasteiger partial charge in [-0.25, -0.2) is 9.78 Å². The first kappa shape index (κ1) is 20.3. The van der Waals surface area contributed by atoms with E-state index in [1.165, 1.54) is 22.5 Å². The highest BCUT2D eigenvalue weighted by atomic mass is 32.1. The predicted octanol–water partition coefficient (Wildman–Crippen LogP) is 4.01. The smallest absolute Gasteiger partial charge is 0.355 e. The van der Waals surface area contributed by atoms with Crippen LogP contribution in [-0.2, 0) is 11.2 Å². The number of fused-ring (bicyclic) bond motifs is 1. The number of rotatable bonds is 6. The number of carboxylic acid groups (broad SMARTS) is 1. The molecule has 5 atom stereocenters. The molecule has 0 bridgehead atoms. The third-order valence-electron chi connectivity index (χ3n) is 6.26. The Labute approximate surface area is 174 Å². The van der Waals surface area contributed by atoms with E-state index in [2.05, 4.69) is 31.0 Å². The molecule has 7 heteroatoms. The van der Waals surface area contributed by atoms with Crippen LogP contribution in [0.25, 0.3) is 0 Å². The van der Waals surface area contributed by atoms with Gasteiger partial charge in [-0.2, -0.15) is 0 Å². The van der Waals surface area contributed by atoms with Crippen LogP contribution in [0.3, 0.4) is 0 Å². The summed E-state index contributed by atoms with van der Waals surface area (Å²) in [5.74, 6) is 0.119. The van der Waals surface area contributed by atoms with Gasteiger partial charge in [-0.05, 0) is 55.4 Å². The van der Waals surface area contributed by atoms with Crippen LogP contribution in [0, 0.1) is 18.8 Å². The number of aromatic nitrogens is 1. The van der Waals surface area contributed by atoms with Crippen molar-refractivity contribution >= 4 is 17.3 Å². The minimum absolute atomic E-state index is 0.0400. The van der Waals surface area contributed by atoms with Crippen molar-refractivity contribution < 1.29 is 24.5 Å². The van der Waals surface area contributed by atoms with Crippen LogP contribution in [-0.4, -0.2) is 40.0 Å². The van der Waals surface area contributed by atoms with E-state index in [9.17, 15) is 9.90 Å². The number of ether oxygens (including phenoxy) is 2. The highest BCUT2D eigenvalue weighted by Gasteiger charge is 2.47. The quantitative estimate of drug-likeness (QED) is 0.738. The van der Waals surface area contributed by atoms with Gasteiger partial charge in [0, 0.05) is 17.7 Å². The van der Waals surface area contributed by atoms with Crippen molar-refractivity contribution in [3.63, 3.8) is 0 Å². The molecule has 2 aromatic rings. The number of nitrogens with zero attached hydrogens (tertiary/aromatic N) is 1. The van der Waals surface area contributed by atoms with Crippen molar-refractivity contribution in [3.05, 3.63) is 45.4 Å². The van der Waals surface area contributed by atoms with Gasteiger partial charge in [0.1, 0.15) is 16.9 Å². The summed E-state index contributed by atoms with van der Waals surface area (Å²) in [4.78, 5) is 15.3. The lowest BCUT2D eigenvalue weighted by Crippen LogP contribution is -2.33. The van der Waals surface area contributed by atoms with Crippen LogP contribution >= 0.6 is 11.3 Å². The van der Waals surface area contributed by atoms with Gasteiger partial charge in [0.15, 0.2) is 5.69 Å². The zero-order valence-electron chi connectivity index (χ0n) is 16.7. The molecule has 6 nitrogen and oxygen atoms in total. The monoisotopic (exact) mass is 417 g/mol. The van der Waals surface area contributed by atoms with Gasteiger partial charge < -0.3 is 19.7 Å². The maximum absolute atomic E-state index is 11.1. The van der Waals surface area contributed by atoms with Gasteiger partial charge in [-0.15, -0.1) is 11.3 Å². The average Bonchev–Trinajstić information content (AvgIpc) is 3.31. The molecule has 156 valence electrons. The van der Waals surface area contributed by atoms with Crippen LogP contribution in [0.2, 0.25) is 0 Å². The van der Waals surface area contributed by atoms with Gasteiger partial charge in [0.25, 0.3) is 0 Å². The average molecular weight is 418 g/mol. The van der Waals surface area contributed by atoms with Crippen molar-refractivity contribution in [1.82, 2.24) is 4.98 Å². The SMILES string of the molecule is CCc1cc(OC[C@@H]2[C@H]3CC[C@H](c4nc(C(=O)O)cs4)O[C@H]3C[C@H]2O)ccc1C. The van der Waals surface area contributed by atoms with Crippen LogP contribution in [0.1, 0.15) is 58.9 Å². The minimum atomic E-state index is -1.02. The molecular weight excluding hydrogens is 390 g/mol. The van der Waals surface area contributed by atoms with Gasteiger partial charge in [-0.3, -0.25) is 0 Å². The standard InChI is InChI=1S/C22H27NO5S/c1-3-13-8-14(5-4-12(13)2)27-10-16-15-6-7-19(28-20(15)9-18(16)24)21-23-17(11-29-21)22(25)26/h4-5,8,11,15-16,18-20,24H,3,6-7,9-10H2,1-2H3,(H,25,26)/t15-,16-,18-,19-,20+/m1/s1. The Bertz CT molecular complexity index is 882. The number of benzene rings is 1. The van der Waals surface area contributed by atoms with E-state index in [1.807, 2.05) is 6.07 Å². The van der Waals surface area contributed by atoms with Crippen molar-refractivity contribution in [2.45, 2.75) is 57.8 Å². The van der Waals surface area contributed by atoms with Crippen LogP contribution in [0.15, 0.2) is 23.6 Å². The van der Waals surface area contributed by atoms with Gasteiger partial charge in [0.05, 0.1) is 18.8 Å². The summed E-state index contributed by atoms with van der Waals surface area (Å²) < 4.78 is 12.3. The normalized spacial score (nSPS) is 28.9. The molecule has 0 spiro atoms. The zero-order valence-corrected chi connectivity index (χ0v) is 17.5. The van der Waals surface area contributed by atoms with Crippen molar-refractivity contribution in [1.29, 1.82) is 0 Å². The molecule has 4 rings (SSSR count). The molecule has 0 radical (unpaired) electrons. The van der Waals surface area contributed by atoms with E-state index in [-0.39, 0.29) is 29.7 Å². The lowest BCUT2D eigenvalue weighted by Gasteiger charge is -2.33.